The summed E-state index contributed by atoms with van der Waals surface area (Å²) in [6.45, 7) is 6.65. The molecule has 1 atom stereocenters. The number of nitrogens with zero attached hydrogens (tertiary/aromatic N) is 2. The second kappa shape index (κ2) is 7.47. The molecular formula is C15H23N3O3. The predicted octanol–water partition coefficient (Wildman–Crippen LogP) is 2.51. The Bertz CT molecular complexity index is 499. The van der Waals surface area contributed by atoms with Crippen LogP contribution in [0.3, 0.4) is 0 Å². The Hall–Kier alpha value is -1.53. The zero-order valence-corrected chi connectivity index (χ0v) is 12.7. The van der Waals surface area contributed by atoms with Crippen molar-refractivity contribution in [1.82, 2.24) is 10.3 Å². The molecule has 0 bridgehead atoms. The number of nitrogens with one attached hydrogen (secondary N) is 1. The Kier molecular flexibility index (Phi) is 5.64. The molecule has 2 rings (SSSR count). The highest BCUT2D eigenvalue weighted by molar-refractivity contribution is 5.47. The number of ether oxygens (including phenoxy) is 1. The fourth-order valence-electron chi connectivity index (χ4n) is 2.78. The monoisotopic (exact) mass is 293 g/mol. The molecule has 6 nitrogen and oxygen atoms in total. The van der Waals surface area contributed by atoms with Gasteiger partial charge in [-0.3, -0.25) is 15.1 Å². The molecule has 1 unspecified atom stereocenters. The third kappa shape index (κ3) is 4.22. The first-order chi connectivity index (χ1) is 10.1. The van der Waals surface area contributed by atoms with Crippen LogP contribution in [0.2, 0.25) is 0 Å². The van der Waals surface area contributed by atoms with Crippen molar-refractivity contribution >= 4 is 5.69 Å². The first-order valence-corrected chi connectivity index (χ1v) is 7.47. The van der Waals surface area contributed by atoms with Crippen LogP contribution in [0.5, 0.6) is 0 Å². The van der Waals surface area contributed by atoms with E-state index in [2.05, 4.69) is 10.3 Å². The maximum absolute atomic E-state index is 11.1. The standard InChI is InChI=1S/C15H23N3O3/c1-11-8-17-14(12(2)15(11)18(19)20)10-21-7-5-13-4-3-6-16-9-13/h8,13,16H,3-7,9-10H2,1-2H3. The van der Waals surface area contributed by atoms with Gasteiger partial charge in [0.1, 0.15) is 0 Å². The van der Waals surface area contributed by atoms with Gasteiger partial charge in [0, 0.05) is 18.4 Å². The van der Waals surface area contributed by atoms with E-state index >= 15 is 0 Å². The van der Waals surface area contributed by atoms with Gasteiger partial charge >= 0.3 is 0 Å². The molecule has 0 amide bonds. The van der Waals surface area contributed by atoms with E-state index in [1.807, 2.05) is 0 Å². The molecule has 0 radical (unpaired) electrons. The fourth-order valence-corrected chi connectivity index (χ4v) is 2.78. The minimum atomic E-state index is -0.344. The Morgan fingerprint density at radius 3 is 3.00 bits per heavy atom. The van der Waals surface area contributed by atoms with E-state index in [0.29, 0.717) is 36.0 Å². The lowest BCUT2D eigenvalue weighted by Gasteiger charge is -2.22. The molecule has 1 aromatic rings. The number of hydrogen-bond acceptors (Lipinski definition) is 5. The van der Waals surface area contributed by atoms with Crippen LogP contribution in [0.4, 0.5) is 5.69 Å². The van der Waals surface area contributed by atoms with Crippen molar-refractivity contribution in [2.24, 2.45) is 5.92 Å². The van der Waals surface area contributed by atoms with Gasteiger partial charge in [0.05, 0.1) is 22.8 Å². The summed E-state index contributed by atoms with van der Waals surface area (Å²) in [5, 5.41) is 14.4. The van der Waals surface area contributed by atoms with Crippen LogP contribution < -0.4 is 5.32 Å². The Morgan fingerprint density at radius 1 is 1.52 bits per heavy atom. The van der Waals surface area contributed by atoms with Gasteiger partial charge in [-0.2, -0.15) is 0 Å². The lowest BCUT2D eigenvalue weighted by Crippen LogP contribution is -2.30. The highest BCUT2D eigenvalue weighted by Gasteiger charge is 2.19. The average Bonchev–Trinajstić information content (AvgIpc) is 2.46. The number of nitro groups is 1. The summed E-state index contributed by atoms with van der Waals surface area (Å²) in [5.74, 6) is 0.681. The first-order valence-electron chi connectivity index (χ1n) is 7.47. The summed E-state index contributed by atoms with van der Waals surface area (Å²) >= 11 is 0. The van der Waals surface area contributed by atoms with Gasteiger partial charge in [-0.25, -0.2) is 0 Å². The minimum absolute atomic E-state index is 0.153. The molecule has 1 aliphatic rings. The molecule has 0 spiro atoms. The molecule has 1 N–H and O–H groups in total. The zero-order chi connectivity index (χ0) is 15.2. The molecule has 0 aromatic carbocycles. The third-order valence-corrected chi connectivity index (χ3v) is 4.07. The highest BCUT2D eigenvalue weighted by Crippen LogP contribution is 2.24. The molecule has 0 aliphatic carbocycles. The normalized spacial score (nSPS) is 18.7. The van der Waals surface area contributed by atoms with Gasteiger partial charge in [-0.05, 0) is 52.1 Å². The lowest BCUT2D eigenvalue weighted by atomic mass is 9.97. The smallest absolute Gasteiger partial charge is 0.278 e. The second-order valence-corrected chi connectivity index (χ2v) is 5.67. The second-order valence-electron chi connectivity index (χ2n) is 5.67. The molecule has 1 aromatic heterocycles. The van der Waals surface area contributed by atoms with Gasteiger partial charge in [0.2, 0.25) is 0 Å². The Balaban J connectivity index is 1.85. The average molecular weight is 293 g/mol. The zero-order valence-electron chi connectivity index (χ0n) is 12.7. The van der Waals surface area contributed by atoms with Crippen molar-refractivity contribution in [3.05, 3.63) is 33.1 Å². The predicted molar refractivity (Wildman–Crippen MR) is 80.2 cm³/mol. The highest BCUT2D eigenvalue weighted by atomic mass is 16.6. The van der Waals surface area contributed by atoms with Crippen LogP contribution in [0.1, 0.15) is 36.1 Å². The van der Waals surface area contributed by atoms with Gasteiger partial charge in [0.25, 0.3) is 5.69 Å². The molecule has 1 aliphatic heterocycles. The maximum atomic E-state index is 11.1. The van der Waals surface area contributed by atoms with Crippen molar-refractivity contribution < 1.29 is 9.66 Å². The fraction of sp³-hybridized carbons (Fsp3) is 0.667. The summed E-state index contributed by atoms with van der Waals surface area (Å²) in [6.07, 6.45) is 5.06. The Morgan fingerprint density at radius 2 is 2.33 bits per heavy atom. The minimum Gasteiger partial charge on any atom is -0.375 e. The summed E-state index contributed by atoms with van der Waals surface area (Å²) < 4.78 is 5.67. The molecule has 0 saturated carbocycles. The van der Waals surface area contributed by atoms with Crippen LogP contribution in [-0.4, -0.2) is 29.6 Å². The molecule has 1 saturated heterocycles. The number of pyridine rings is 1. The van der Waals surface area contributed by atoms with Crippen molar-refractivity contribution in [3.8, 4) is 0 Å². The summed E-state index contributed by atoms with van der Waals surface area (Å²) in [6, 6.07) is 0. The van der Waals surface area contributed by atoms with E-state index in [9.17, 15) is 10.1 Å². The van der Waals surface area contributed by atoms with Gasteiger partial charge in [0.15, 0.2) is 0 Å². The molecule has 2 heterocycles. The molecule has 21 heavy (non-hydrogen) atoms. The molecule has 6 heteroatoms. The summed E-state index contributed by atoms with van der Waals surface area (Å²) in [5.41, 5.74) is 2.02. The van der Waals surface area contributed by atoms with Crippen LogP contribution >= 0.6 is 0 Å². The quantitative estimate of drug-likeness (QED) is 0.495. The topological polar surface area (TPSA) is 77.3 Å². The van der Waals surface area contributed by atoms with E-state index in [-0.39, 0.29) is 10.6 Å². The van der Waals surface area contributed by atoms with E-state index in [0.717, 1.165) is 19.5 Å². The van der Waals surface area contributed by atoms with Crippen LogP contribution in [0, 0.1) is 29.9 Å². The van der Waals surface area contributed by atoms with Crippen molar-refractivity contribution in [2.45, 2.75) is 39.7 Å². The van der Waals surface area contributed by atoms with Crippen molar-refractivity contribution in [2.75, 3.05) is 19.7 Å². The van der Waals surface area contributed by atoms with E-state index in [4.69, 9.17) is 4.74 Å². The number of rotatable bonds is 6. The molecule has 1 fully saturated rings. The summed E-state index contributed by atoms with van der Waals surface area (Å²) in [7, 11) is 0. The van der Waals surface area contributed by atoms with Crippen LogP contribution in [0.25, 0.3) is 0 Å². The number of aryl methyl sites for hydroxylation is 1. The third-order valence-electron chi connectivity index (χ3n) is 4.07. The number of hydrogen-bond donors (Lipinski definition) is 1. The van der Waals surface area contributed by atoms with E-state index < -0.39 is 0 Å². The van der Waals surface area contributed by atoms with Crippen molar-refractivity contribution in [3.63, 3.8) is 0 Å². The Labute approximate surface area is 125 Å². The van der Waals surface area contributed by atoms with Gasteiger partial charge in [-0.15, -0.1) is 0 Å². The van der Waals surface area contributed by atoms with E-state index in [1.54, 1.807) is 20.0 Å². The molecule has 116 valence electrons. The lowest BCUT2D eigenvalue weighted by molar-refractivity contribution is -0.386. The largest absolute Gasteiger partial charge is 0.375 e. The number of aromatic nitrogens is 1. The van der Waals surface area contributed by atoms with Crippen molar-refractivity contribution in [1.29, 1.82) is 0 Å². The first kappa shape index (κ1) is 15.9. The summed E-state index contributed by atoms with van der Waals surface area (Å²) in [4.78, 5) is 15.0. The van der Waals surface area contributed by atoms with Crippen LogP contribution in [-0.2, 0) is 11.3 Å². The SMILES string of the molecule is Cc1cnc(COCCC2CCCNC2)c(C)c1[N+](=O)[O-]. The maximum Gasteiger partial charge on any atom is 0.278 e. The van der Waals surface area contributed by atoms with Crippen LogP contribution in [0.15, 0.2) is 6.20 Å². The van der Waals surface area contributed by atoms with E-state index in [1.165, 1.54) is 12.8 Å². The number of piperidine rings is 1. The van der Waals surface area contributed by atoms with Gasteiger partial charge in [-0.1, -0.05) is 0 Å². The van der Waals surface area contributed by atoms with Gasteiger partial charge < -0.3 is 10.1 Å². The molecular weight excluding hydrogens is 270 g/mol.